The fourth-order valence-corrected chi connectivity index (χ4v) is 3.12. The fourth-order valence-electron chi connectivity index (χ4n) is 3.12. The molecule has 2 aromatic rings. The van der Waals surface area contributed by atoms with E-state index in [1.807, 2.05) is 18.2 Å². The van der Waals surface area contributed by atoms with Crippen molar-refractivity contribution in [2.75, 3.05) is 0 Å². The van der Waals surface area contributed by atoms with Crippen LogP contribution in [0.1, 0.15) is 36.3 Å². The summed E-state index contributed by atoms with van der Waals surface area (Å²) in [4.78, 5) is 14.3. The number of hydrogen-bond acceptors (Lipinski definition) is 2. The second-order valence-electron chi connectivity index (χ2n) is 5.10. The lowest BCUT2D eigenvalue weighted by atomic mass is 9.88. The van der Waals surface area contributed by atoms with Gasteiger partial charge in [-0.05, 0) is 36.5 Å². The molecule has 2 N–H and O–H groups in total. The van der Waals surface area contributed by atoms with Gasteiger partial charge in [0.2, 0.25) is 0 Å². The van der Waals surface area contributed by atoms with Crippen molar-refractivity contribution < 1.29 is 9.90 Å². The number of benzene rings is 1. The molecule has 0 spiro atoms. The highest BCUT2D eigenvalue weighted by Gasteiger charge is 2.33. The summed E-state index contributed by atoms with van der Waals surface area (Å²) in [7, 11) is 0. The summed E-state index contributed by atoms with van der Waals surface area (Å²) in [5.74, 6) is -0.928. The standard InChI is InChI=1S/C15H14N2O2/c16-7-10-8-17-14-5-4-9(6-13(10)14)11-2-1-3-12(11)15(18)19/h4-6,8,11-12,17H,1-3H2,(H,18,19). The van der Waals surface area contributed by atoms with Crippen LogP contribution >= 0.6 is 0 Å². The first-order chi connectivity index (χ1) is 9.20. The van der Waals surface area contributed by atoms with Crippen LogP contribution in [0.15, 0.2) is 24.4 Å². The van der Waals surface area contributed by atoms with E-state index in [4.69, 9.17) is 5.26 Å². The summed E-state index contributed by atoms with van der Waals surface area (Å²) in [6, 6.07) is 8.03. The molecule has 19 heavy (non-hydrogen) atoms. The molecule has 2 unspecified atom stereocenters. The van der Waals surface area contributed by atoms with E-state index in [1.165, 1.54) is 0 Å². The number of carbonyl (C=O) groups is 1. The van der Waals surface area contributed by atoms with Crippen molar-refractivity contribution in [2.24, 2.45) is 5.92 Å². The number of carboxylic acids is 1. The van der Waals surface area contributed by atoms with Crippen molar-refractivity contribution in [3.63, 3.8) is 0 Å². The van der Waals surface area contributed by atoms with Gasteiger partial charge in [0.05, 0.1) is 11.5 Å². The summed E-state index contributed by atoms with van der Waals surface area (Å²) in [5.41, 5.74) is 2.57. The van der Waals surface area contributed by atoms with Gasteiger partial charge >= 0.3 is 5.97 Å². The van der Waals surface area contributed by atoms with E-state index in [9.17, 15) is 9.90 Å². The number of H-pyrrole nitrogens is 1. The number of fused-ring (bicyclic) bond motifs is 1. The van der Waals surface area contributed by atoms with Crippen molar-refractivity contribution in [1.82, 2.24) is 4.98 Å². The molecule has 0 amide bonds. The van der Waals surface area contributed by atoms with Gasteiger partial charge in [0.25, 0.3) is 0 Å². The zero-order chi connectivity index (χ0) is 13.4. The number of nitrogens with zero attached hydrogens (tertiary/aromatic N) is 1. The molecule has 1 aromatic carbocycles. The van der Waals surface area contributed by atoms with E-state index >= 15 is 0 Å². The first-order valence-corrected chi connectivity index (χ1v) is 6.44. The summed E-state index contributed by atoms with van der Waals surface area (Å²) in [6.45, 7) is 0. The zero-order valence-corrected chi connectivity index (χ0v) is 10.4. The molecule has 0 saturated heterocycles. The second kappa shape index (κ2) is 4.43. The molecule has 3 rings (SSSR count). The van der Waals surface area contributed by atoms with Crippen LogP contribution in [-0.4, -0.2) is 16.1 Å². The Morgan fingerprint density at radius 2 is 2.26 bits per heavy atom. The predicted molar refractivity (Wildman–Crippen MR) is 70.7 cm³/mol. The highest BCUT2D eigenvalue weighted by molar-refractivity contribution is 5.86. The van der Waals surface area contributed by atoms with Gasteiger partial charge in [0.15, 0.2) is 0 Å². The normalized spacial score (nSPS) is 22.5. The molecule has 96 valence electrons. The molecule has 0 bridgehead atoms. The molecule has 1 aliphatic carbocycles. The number of rotatable bonds is 2. The van der Waals surface area contributed by atoms with Gasteiger partial charge in [-0.25, -0.2) is 0 Å². The molecule has 2 atom stereocenters. The van der Waals surface area contributed by atoms with E-state index in [0.29, 0.717) is 5.56 Å². The van der Waals surface area contributed by atoms with Gasteiger partial charge in [-0.15, -0.1) is 0 Å². The van der Waals surface area contributed by atoms with Gasteiger partial charge in [-0.2, -0.15) is 5.26 Å². The van der Waals surface area contributed by atoms with Gasteiger partial charge in [0.1, 0.15) is 6.07 Å². The van der Waals surface area contributed by atoms with E-state index in [-0.39, 0.29) is 11.8 Å². The monoisotopic (exact) mass is 254 g/mol. The maximum absolute atomic E-state index is 11.3. The molecule has 0 radical (unpaired) electrons. The average molecular weight is 254 g/mol. The lowest BCUT2D eigenvalue weighted by Gasteiger charge is -2.16. The Morgan fingerprint density at radius 1 is 1.42 bits per heavy atom. The van der Waals surface area contributed by atoms with Crippen LogP contribution in [0.5, 0.6) is 0 Å². The number of hydrogen-bond donors (Lipinski definition) is 2. The van der Waals surface area contributed by atoms with Gasteiger partial charge in [-0.1, -0.05) is 12.5 Å². The first-order valence-electron chi connectivity index (χ1n) is 6.44. The van der Waals surface area contributed by atoms with Crippen molar-refractivity contribution in [1.29, 1.82) is 5.26 Å². The van der Waals surface area contributed by atoms with Gasteiger partial charge in [-0.3, -0.25) is 4.79 Å². The van der Waals surface area contributed by atoms with Crippen molar-refractivity contribution in [2.45, 2.75) is 25.2 Å². The Bertz CT molecular complexity index is 681. The molecular weight excluding hydrogens is 240 g/mol. The molecule has 1 saturated carbocycles. The molecular formula is C15H14N2O2. The smallest absolute Gasteiger partial charge is 0.307 e. The minimum atomic E-state index is -0.711. The lowest BCUT2D eigenvalue weighted by molar-refractivity contribution is -0.142. The fraction of sp³-hybridized carbons (Fsp3) is 0.333. The highest BCUT2D eigenvalue weighted by atomic mass is 16.4. The number of aromatic nitrogens is 1. The Balaban J connectivity index is 2.05. The summed E-state index contributed by atoms with van der Waals surface area (Å²) >= 11 is 0. The quantitative estimate of drug-likeness (QED) is 0.864. The number of aromatic amines is 1. The third kappa shape index (κ3) is 1.88. The van der Waals surface area contributed by atoms with Crippen LogP contribution < -0.4 is 0 Å². The third-order valence-electron chi connectivity index (χ3n) is 4.09. The number of nitriles is 1. The van der Waals surface area contributed by atoms with Crippen molar-refractivity contribution in [3.8, 4) is 6.07 Å². The number of aliphatic carboxylic acids is 1. The number of carboxylic acid groups (broad SMARTS) is 1. The second-order valence-corrected chi connectivity index (χ2v) is 5.10. The third-order valence-corrected chi connectivity index (χ3v) is 4.09. The van der Waals surface area contributed by atoms with Gasteiger partial charge < -0.3 is 10.1 Å². The molecule has 1 fully saturated rings. The molecule has 4 heteroatoms. The summed E-state index contributed by atoms with van der Waals surface area (Å²) in [6.07, 6.45) is 4.31. The van der Waals surface area contributed by atoms with Crippen LogP contribution in [0.3, 0.4) is 0 Å². The summed E-state index contributed by atoms with van der Waals surface area (Å²) < 4.78 is 0. The number of nitrogens with one attached hydrogen (secondary N) is 1. The Labute approximate surface area is 110 Å². The molecule has 1 aromatic heterocycles. The molecule has 1 aliphatic rings. The Kier molecular flexibility index (Phi) is 2.75. The SMILES string of the molecule is N#Cc1c[nH]c2ccc(C3CCCC3C(=O)O)cc12. The van der Waals surface area contributed by atoms with Gasteiger partial charge in [0, 0.05) is 17.1 Å². The largest absolute Gasteiger partial charge is 0.481 e. The van der Waals surface area contributed by atoms with Crippen LogP contribution in [-0.2, 0) is 4.79 Å². The van der Waals surface area contributed by atoms with E-state index < -0.39 is 5.97 Å². The molecule has 1 heterocycles. The minimum absolute atomic E-state index is 0.0725. The van der Waals surface area contributed by atoms with Crippen molar-refractivity contribution in [3.05, 3.63) is 35.5 Å². The summed E-state index contributed by atoms with van der Waals surface area (Å²) in [5, 5.41) is 19.2. The van der Waals surface area contributed by atoms with Crippen LogP contribution in [0.2, 0.25) is 0 Å². The topological polar surface area (TPSA) is 76.9 Å². The Morgan fingerprint density at radius 3 is 3.00 bits per heavy atom. The van der Waals surface area contributed by atoms with E-state index in [0.717, 1.165) is 35.7 Å². The van der Waals surface area contributed by atoms with Crippen LogP contribution in [0.25, 0.3) is 10.9 Å². The maximum atomic E-state index is 11.3. The predicted octanol–water partition coefficient (Wildman–Crippen LogP) is 3.01. The lowest BCUT2D eigenvalue weighted by Crippen LogP contribution is -2.16. The van der Waals surface area contributed by atoms with Crippen LogP contribution in [0.4, 0.5) is 0 Å². The van der Waals surface area contributed by atoms with Crippen molar-refractivity contribution >= 4 is 16.9 Å². The van der Waals surface area contributed by atoms with E-state index in [1.54, 1.807) is 6.20 Å². The maximum Gasteiger partial charge on any atom is 0.307 e. The Hall–Kier alpha value is -2.28. The highest BCUT2D eigenvalue weighted by Crippen LogP contribution is 2.40. The zero-order valence-electron chi connectivity index (χ0n) is 10.4. The minimum Gasteiger partial charge on any atom is -0.481 e. The molecule has 4 nitrogen and oxygen atoms in total. The first kappa shape index (κ1) is 11.8. The van der Waals surface area contributed by atoms with Crippen LogP contribution in [0, 0.1) is 17.2 Å². The van der Waals surface area contributed by atoms with E-state index in [2.05, 4.69) is 11.1 Å². The average Bonchev–Trinajstić information content (AvgIpc) is 3.04. The molecule has 0 aliphatic heterocycles.